The molecule has 1 saturated heterocycles. The second kappa shape index (κ2) is 8.52. The van der Waals surface area contributed by atoms with E-state index in [9.17, 15) is 9.59 Å². The molecule has 0 saturated carbocycles. The van der Waals surface area contributed by atoms with E-state index in [0.29, 0.717) is 43.9 Å². The zero-order valence-electron chi connectivity index (χ0n) is 15.1. The van der Waals surface area contributed by atoms with Gasteiger partial charge in [-0.05, 0) is 42.8 Å². The fraction of sp³-hybridized carbons (Fsp3) is 0.333. The van der Waals surface area contributed by atoms with Gasteiger partial charge in [-0.2, -0.15) is 0 Å². The second-order valence-electron chi connectivity index (χ2n) is 6.36. The summed E-state index contributed by atoms with van der Waals surface area (Å²) in [5, 5.41) is 0. The van der Waals surface area contributed by atoms with Crippen molar-refractivity contribution < 1.29 is 14.3 Å². The van der Waals surface area contributed by atoms with E-state index in [1.807, 2.05) is 47.1 Å². The normalized spacial score (nSPS) is 14.2. The SMILES string of the molecule is CCCC(=O)N1CCN(C(=O)c2ccc(Oc3ccccc3)cc2)CC1. The number of nitrogens with zero attached hydrogens (tertiary/aromatic N) is 2. The van der Waals surface area contributed by atoms with Crippen LogP contribution in [0.15, 0.2) is 54.6 Å². The number of ether oxygens (including phenoxy) is 1. The van der Waals surface area contributed by atoms with Crippen molar-refractivity contribution in [3.8, 4) is 11.5 Å². The maximum Gasteiger partial charge on any atom is 0.253 e. The molecule has 0 unspecified atom stereocenters. The van der Waals surface area contributed by atoms with Crippen molar-refractivity contribution in [2.75, 3.05) is 26.2 Å². The first-order valence-electron chi connectivity index (χ1n) is 9.07. The van der Waals surface area contributed by atoms with E-state index >= 15 is 0 Å². The predicted molar refractivity (Wildman–Crippen MR) is 100 cm³/mol. The highest BCUT2D eigenvalue weighted by atomic mass is 16.5. The fourth-order valence-electron chi connectivity index (χ4n) is 3.00. The lowest BCUT2D eigenvalue weighted by atomic mass is 10.1. The molecule has 2 aromatic carbocycles. The molecule has 5 nitrogen and oxygen atoms in total. The molecule has 1 heterocycles. The van der Waals surface area contributed by atoms with Crippen LogP contribution in [0.25, 0.3) is 0 Å². The Labute approximate surface area is 154 Å². The maximum absolute atomic E-state index is 12.7. The number of amides is 2. The molecule has 0 radical (unpaired) electrons. The Hall–Kier alpha value is -2.82. The van der Waals surface area contributed by atoms with Crippen LogP contribution in [0.2, 0.25) is 0 Å². The topological polar surface area (TPSA) is 49.9 Å². The van der Waals surface area contributed by atoms with Gasteiger partial charge in [0.2, 0.25) is 5.91 Å². The molecule has 1 fully saturated rings. The van der Waals surface area contributed by atoms with E-state index in [4.69, 9.17) is 4.74 Å². The zero-order chi connectivity index (χ0) is 18.4. The van der Waals surface area contributed by atoms with Gasteiger partial charge in [-0.25, -0.2) is 0 Å². The Morgan fingerprint density at radius 2 is 1.42 bits per heavy atom. The van der Waals surface area contributed by atoms with Crippen molar-refractivity contribution in [2.24, 2.45) is 0 Å². The van der Waals surface area contributed by atoms with Crippen LogP contribution in [0.1, 0.15) is 30.1 Å². The second-order valence-corrected chi connectivity index (χ2v) is 6.36. The molecule has 2 aromatic rings. The summed E-state index contributed by atoms with van der Waals surface area (Å²) < 4.78 is 5.75. The number of rotatable bonds is 5. The van der Waals surface area contributed by atoms with E-state index < -0.39 is 0 Å². The van der Waals surface area contributed by atoms with Gasteiger partial charge in [-0.3, -0.25) is 9.59 Å². The Bertz CT molecular complexity index is 736. The van der Waals surface area contributed by atoms with Crippen molar-refractivity contribution in [3.63, 3.8) is 0 Å². The molecule has 2 amide bonds. The lowest BCUT2D eigenvalue weighted by Gasteiger charge is -2.34. The third-order valence-electron chi connectivity index (χ3n) is 4.46. The maximum atomic E-state index is 12.7. The van der Waals surface area contributed by atoms with Crippen LogP contribution < -0.4 is 4.74 Å². The predicted octanol–water partition coefficient (Wildman–Crippen LogP) is 3.56. The molecule has 1 aliphatic rings. The average molecular weight is 352 g/mol. The molecule has 0 aromatic heterocycles. The summed E-state index contributed by atoms with van der Waals surface area (Å²) >= 11 is 0. The third-order valence-corrected chi connectivity index (χ3v) is 4.46. The smallest absolute Gasteiger partial charge is 0.253 e. The largest absolute Gasteiger partial charge is 0.457 e. The van der Waals surface area contributed by atoms with Crippen LogP contribution in [0.5, 0.6) is 11.5 Å². The van der Waals surface area contributed by atoms with Gasteiger partial charge in [-0.1, -0.05) is 25.1 Å². The van der Waals surface area contributed by atoms with E-state index in [0.717, 1.165) is 12.2 Å². The molecule has 0 spiro atoms. The van der Waals surface area contributed by atoms with Crippen LogP contribution in [0.4, 0.5) is 0 Å². The Morgan fingerprint density at radius 3 is 2.04 bits per heavy atom. The number of hydrogen-bond donors (Lipinski definition) is 0. The molecular formula is C21H24N2O3. The van der Waals surface area contributed by atoms with Gasteiger partial charge in [0, 0.05) is 38.2 Å². The number of piperazine rings is 1. The summed E-state index contributed by atoms with van der Waals surface area (Å²) in [4.78, 5) is 28.3. The fourth-order valence-corrected chi connectivity index (χ4v) is 3.00. The number of hydrogen-bond acceptors (Lipinski definition) is 3. The highest BCUT2D eigenvalue weighted by Crippen LogP contribution is 2.21. The number of carbonyl (C=O) groups is 2. The number of benzene rings is 2. The van der Waals surface area contributed by atoms with Gasteiger partial charge >= 0.3 is 0 Å². The molecule has 0 atom stereocenters. The van der Waals surface area contributed by atoms with Gasteiger partial charge in [0.05, 0.1) is 0 Å². The molecule has 1 aliphatic heterocycles. The molecule has 0 bridgehead atoms. The van der Waals surface area contributed by atoms with E-state index in [1.165, 1.54) is 0 Å². The molecule has 0 aliphatic carbocycles. The van der Waals surface area contributed by atoms with Crippen molar-refractivity contribution in [1.29, 1.82) is 0 Å². The Kier molecular flexibility index (Phi) is 5.89. The first kappa shape index (κ1) is 18.0. The van der Waals surface area contributed by atoms with E-state index in [1.54, 1.807) is 24.3 Å². The lowest BCUT2D eigenvalue weighted by Crippen LogP contribution is -2.50. The van der Waals surface area contributed by atoms with Crippen LogP contribution in [-0.4, -0.2) is 47.8 Å². The minimum absolute atomic E-state index is 0.00106. The zero-order valence-corrected chi connectivity index (χ0v) is 15.1. The molecule has 136 valence electrons. The van der Waals surface area contributed by atoms with Crippen LogP contribution in [0, 0.1) is 0 Å². The minimum Gasteiger partial charge on any atom is -0.457 e. The van der Waals surface area contributed by atoms with Crippen molar-refractivity contribution in [3.05, 3.63) is 60.2 Å². The third kappa shape index (κ3) is 4.42. The molecule has 26 heavy (non-hydrogen) atoms. The lowest BCUT2D eigenvalue weighted by molar-refractivity contribution is -0.132. The Balaban J connectivity index is 1.56. The van der Waals surface area contributed by atoms with Crippen LogP contribution in [-0.2, 0) is 4.79 Å². The van der Waals surface area contributed by atoms with Gasteiger partial charge < -0.3 is 14.5 Å². The highest BCUT2D eigenvalue weighted by molar-refractivity contribution is 5.94. The highest BCUT2D eigenvalue weighted by Gasteiger charge is 2.24. The average Bonchev–Trinajstić information content (AvgIpc) is 2.69. The molecular weight excluding hydrogens is 328 g/mol. The summed E-state index contributed by atoms with van der Waals surface area (Å²) in [6.45, 7) is 4.38. The summed E-state index contributed by atoms with van der Waals surface area (Å²) in [6.07, 6.45) is 1.44. The van der Waals surface area contributed by atoms with Gasteiger partial charge in [0.15, 0.2) is 0 Å². The summed E-state index contributed by atoms with van der Waals surface area (Å²) in [6, 6.07) is 16.7. The van der Waals surface area contributed by atoms with E-state index in [-0.39, 0.29) is 11.8 Å². The monoisotopic (exact) mass is 352 g/mol. The van der Waals surface area contributed by atoms with Crippen molar-refractivity contribution >= 4 is 11.8 Å². The molecule has 5 heteroatoms. The van der Waals surface area contributed by atoms with Crippen LogP contribution in [0.3, 0.4) is 0 Å². The summed E-state index contributed by atoms with van der Waals surface area (Å²) in [7, 11) is 0. The summed E-state index contributed by atoms with van der Waals surface area (Å²) in [5.41, 5.74) is 0.638. The number of carbonyl (C=O) groups excluding carboxylic acids is 2. The molecule has 3 rings (SSSR count). The van der Waals surface area contributed by atoms with Crippen molar-refractivity contribution in [1.82, 2.24) is 9.80 Å². The molecule has 0 N–H and O–H groups in total. The van der Waals surface area contributed by atoms with Gasteiger partial charge in [0.25, 0.3) is 5.91 Å². The quantitative estimate of drug-likeness (QED) is 0.827. The van der Waals surface area contributed by atoms with Gasteiger partial charge in [-0.15, -0.1) is 0 Å². The van der Waals surface area contributed by atoms with Crippen molar-refractivity contribution in [2.45, 2.75) is 19.8 Å². The number of para-hydroxylation sites is 1. The standard InChI is InChI=1S/C21H24N2O3/c1-2-6-20(24)22-13-15-23(16-14-22)21(25)17-9-11-19(12-10-17)26-18-7-4-3-5-8-18/h3-5,7-12H,2,6,13-16H2,1H3. The summed E-state index contributed by atoms with van der Waals surface area (Å²) in [5.74, 6) is 1.64. The van der Waals surface area contributed by atoms with Crippen LogP contribution >= 0.6 is 0 Å². The minimum atomic E-state index is -0.00106. The first-order valence-corrected chi connectivity index (χ1v) is 9.07. The Morgan fingerprint density at radius 1 is 0.846 bits per heavy atom. The van der Waals surface area contributed by atoms with E-state index in [2.05, 4.69) is 0 Å². The van der Waals surface area contributed by atoms with Gasteiger partial charge in [0.1, 0.15) is 11.5 Å². The first-order chi connectivity index (χ1) is 12.7.